The number of hydrogen-bond donors (Lipinski definition) is 8. The van der Waals surface area contributed by atoms with Gasteiger partial charge in [0, 0.05) is 25.2 Å². The molecule has 3 amide bonds. The number of nitrogens with one attached hydrogen (secondary N) is 6. The number of nitrogens with zero attached hydrogens (tertiary/aromatic N) is 1. The van der Waals surface area contributed by atoms with E-state index in [0.29, 0.717) is 17.7 Å². The van der Waals surface area contributed by atoms with E-state index < -0.39 is 51.8 Å². The molecule has 256 valence electrons. The van der Waals surface area contributed by atoms with Crippen molar-refractivity contribution in [3.63, 3.8) is 0 Å². The quantitative estimate of drug-likeness (QED) is 0.0435. The van der Waals surface area contributed by atoms with E-state index in [9.17, 15) is 32.7 Å². The number of nitrogens with two attached hydrogens (primary N) is 1. The number of aliphatic carboxylic acids is 1. The van der Waals surface area contributed by atoms with Crippen molar-refractivity contribution in [1.82, 2.24) is 25.6 Å². The molecule has 1 aliphatic heterocycles. The van der Waals surface area contributed by atoms with Crippen LogP contribution < -0.4 is 32.3 Å². The first-order valence-electron chi connectivity index (χ1n) is 15.0. The molecular formula is C30H42N8O8S. The number of sulfonamides is 1. The Labute approximate surface area is 273 Å². The van der Waals surface area contributed by atoms with Gasteiger partial charge >= 0.3 is 5.97 Å². The number of anilines is 1. The molecule has 2 aromatic carbocycles. The van der Waals surface area contributed by atoms with Crippen LogP contribution in [0.3, 0.4) is 0 Å². The van der Waals surface area contributed by atoms with Crippen molar-refractivity contribution < 1.29 is 37.4 Å². The molecule has 2 aromatic rings. The maximum absolute atomic E-state index is 13.2. The zero-order chi connectivity index (χ0) is 34.4. The second-order valence-electron chi connectivity index (χ2n) is 10.8. The molecule has 0 bridgehead atoms. The van der Waals surface area contributed by atoms with Crippen LogP contribution in [0.5, 0.6) is 0 Å². The van der Waals surface area contributed by atoms with Gasteiger partial charge in [-0.05, 0) is 56.1 Å². The summed E-state index contributed by atoms with van der Waals surface area (Å²) in [4.78, 5) is 50.7. The van der Waals surface area contributed by atoms with Gasteiger partial charge in [-0.15, -0.1) is 0 Å². The smallest absolute Gasteiger partial charge is 0.326 e. The number of benzene rings is 2. The van der Waals surface area contributed by atoms with Crippen molar-refractivity contribution in [3.05, 3.63) is 60.2 Å². The zero-order valence-electron chi connectivity index (χ0n) is 26.0. The standard InChI is InChI=1S/C30H42N8O8S/c1-33-19-46-17-14-26(39)36-23(13-15-34-30(31)32)27(40)35-21-11-9-20(10-12-21)18-24(29(42)43)37-28(41)25-8-5-16-38(25)47(44,45)22-6-3-2-4-7-22/h2-4,6-7,9-12,23-25,33H,5,8,13-19H2,1H3,(H,35,40)(H,36,39)(H,37,41)(H,42,43)(H4,31,32,34)/t23-,24-,25?/m0/s1. The molecule has 0 aliphatic carbocycles. The summed E-state index contributed by atoms with van der Waals surface area (Å²) in [6.45, 7) is 0.719. The van der Waals surface area contributed by atoms with Crippen molar-refractivity contribution in [2.45, 2.75) is 55.1 Å². The van der Waals surface area contributed by atoms with Crippen LogP contribution in [-0.2, 0) is 40.4 Å². The summed E-state index contributed by atoms with van der Waals surface area (Å²) in [5.74, 6) is -3.19. The first-order chi connectivity index (χ1) is 22.4. The lowest BCUT2D eigenvalue weighted by atomic mass is 10.0. The third-order valence-electron chi connectivity index (χ3n) is 7.25. The van der Waals surface area contributed by atoms with E-state index in [1.54, 1.807) is 49.5 Å². The lowest BCUT2D eigenvalue weighted by Crippen LogP contribution is -2.51. The topological polar surface area (TPSA) is 245 Å². The molecule has 1 fully saturated rings. The summed E-state index contributed by atoms with van der Waals surface area (Å²) in [6.07, 6.45) is 0.784. The van der Waals surface area contributed by atoms with Crippen molar-refractivity contribution in [2.75, 3.05) is 38.8 Å². The lowest BCUT2D eigenvalue weighted by molar-refractivity contribution is -0.142. The number of carboxylic acids is 1. The Morgan fingerprint density at radius 3 is 2.40 bits per heavy atom. The molecule has 1 unspecified atom stereocenters. The normalized spacial score (nSPS) is 16.1. The number of amides is 3. The van der Waals surface area contributed by atoms with Crippen LogP contribution in [0.15, 0.2) is 59.5 Å². The monoisotopic (exact) mass is 674 g/mol. The first-order valence-corrected chi connectivity index (χ1v) is 16.5. The van der Waals surface area contributed by atoms with Gasteiger partial charge in [-0.25, -0.2) is 13.2 Å². The highest BCUT2D eigenvalue weighted by Crippen LogP contribution is 2.26. The van der Waals surface area contributed by atoms with Crippen LogP contribution in [0.4, 0.5) is 5.69 Å². The van der Waals surface area contributed by atoms with E-state index >= 15 is 0 Å². The predicted octanol–water partition coefficient (Wildman–Crippen LogP) is -0.468. The Balaban J connectivity index is 1.61. The summed E-state index contributed by atoms with van der Waals surface area (Å²) in [6, 6.07) is 10.7. The number of ether oxygens (including phenoxy) is 1. The fourth-order valence-electron chi connectivity index (χ4n) is 4.90. The number of carboxylic acid groups (broad SMARTS) is 1. The van der Waals surface area contributed by atoms with E-state index in [1.165, 1.54) is 12.1 Å². The minimum absolute atomic E-state index is 0.0309. The molecule has 3 rings (SSSR count). The molecule has 1 saturated heterocycles. The van der Waals surface area contributed by atoms with Gasteiger partial charge in [-0.1, -0.05) is 30.3 Å². The van der Waals surface area contributed by atoms with Gasteiger partial charge in [0.1, 0.15) is 18.1 Å². The first kappa shape index (κ1) is 36.9. The highest BCUT2D eigenvalue weighted by Gasteiger charge is 2.40. The van der Waals surface area contributed by atoms with Crippen LogP contribution >= 0.6 is 0 Å². The number of carbonyl (C=O) groups is 4. The van der Waals surface area contributed by atoms with Gasteiger partial charge in [0.25, 0.3) is 0 Å². The molecule has 16 nitrogen and oxygen atoms in total. The van der Waals surface area contributed by atoms with Crippen LogP contribution in [0.1, 0.15) is 31.2 Å². The molecule has 47 heavy (non-hydrogen) atoms. The average molecular weight is 675 g/mol. The fourth-order valence-corrected chi connectivity index (χ4v) is 6.58. The number of rotatable bonds is 18. The average Bonchev–Trinajstić information content (AvgIpc) is 3.55. The third-order valence-corrected chi connectivity index (χ3v) is 9.17. The molecule has 0 saturated carbocycles. The molecular weight excluding hydrogens is 632 g/mol. The maximum Gasteiger partial charge on any atom is 0.326 e. The maximum atomic E-state index is 13.2. The van der Waals surface area contributed by atoms with Gasteiger partial charge in [-0.2, -0.15) is 4.31 Å². The number of carbonyl (C=O) groups excluding carboxylic acids is 3. The van der Waals surface area contributed by atoms with Gasteiger partial charge < -0.3 is 36.8 Å². The van der Waals surface area contributed by atoms with Crippen LogP contribution in [-0.4, -0.2) is 99.1 Å². The van der Waals surface area contributed by atoms with Crippen molar-refractivity contribution >= 4 is 45.4 Å². The molecule has 1 heterocycles. The molecule has 0 aromatic heterocycles. The Morgan fingerprint density at radius 1 is 1.06 bits per heavy atom. The van der Waals surface area contributed by atoms with Gasteiger partial charge in [0.05, 0.1) is 24.7 Å². The Bertz CT molecular complexity index is 1490. The number of hydrogen-bond acceptors (Lipinski definition) is 9. The summed E-state index contributed by atoms with van der Waals surface area (Å²) in [5, 5.41) is 30.4. The second-order valence-corrected chi connectivity index (χ2v) is 12.7. The zero-order valence-corrected chi connectivity index (χ0v) is 26.8. The van der Waals surface area contributed by atoms with E-state index in [4.69, 9.17) is 15.9 Å². The van der Waals surface area contributed by atoms with Gasteiger partial charge in [0.15, 0.2) is 5.96 Å². The van der Waals surface area contributed by atoms with Gasteiger partial charge in [0.2, 0.25) is 27.7 Å². The van der Waals surface area contributed by atoms with E-state index in [0.717, 1.165) is 4.31 Å². The van der Waals surface area contributed by atoms with Crippen molar-refractivity contribution in [1.29, 1.82) is 5.41 Å². The SMILES string of the molecule is CNCOCCC(=O)N[C@@H](CCNC(=N)N)C(=O)Nc1ccc(C[C@H](NC(=O)C2CCCN2S(=O)(=O)c2ccccc2)C(=O)O)cc1. The minimum atomic E-state index is -3.95. The largest absolute Gasteiger partial charge is 0.480 e. The fraction of sp³-hybridized carbons (Fsp3) is 0.433. The van der Waals surface area contributed by atoms with Crippen molar-refractivity contribution in [2.24, 2.45) is 5.73 Å². The van der Waals surface area contributed by atoms with Crippen LogP contribution in [0, 0.1) is 5.41 Å². The summed E-state index contributed by atoms with van der Waals surface area (Å²) < 4.78 is 32.7. The number of guanidine groups is 1. The van der Waals surface area contributed by atoms with E-state index in [2.05, 4.69) is 26.6 Å². The molecule has 17 heteroatoms. The Morgan fingerprint density at radius 2 is 1.77 bits per heavy atom. The summed E-state index contributed by atoms with van der Waals surface area (Å²) in [5.41, 5.74) is 6.23. The van der Waals surface area contributed by atoms with Crippen LogP contribution in [0.25, 0.3) is 0 Å². The molecule has 0 spiro atoms. The minimum Gasteiger partial charge on any atom is -0.480 e. The molecule has 1 aliphatic rings. The highest BCUT2D eigenvalue weighted by molar-refractivity contribution is 7.89. The predicted molar refractivity (Wildman–Crippen MR) is 173 cm³/mol. The van der Waals surface area contributed by atoms with E-state index in [-0.39, 0.29) is 63.0 Å². The molecule has 9 N–H and O–H groups in total. The molecule has 0 radical (unpaired) electrons. The molecule has 3 atom stereocenters. The van der Waals surface area contributed by atoms with Crippen molar-refractivity contribution in [3.8, 4) is 0 Å². The van der Waals surface area contributed by atoms with Gasteiger partial charge in [-0.3, -0.25) is 25.1 Å². The Hall–Kier alpha value is -4.58. The Kier molecular flexibility index (Phi) is 14.1. The summed E-state index contributed by atoms with van der Waals surface area (Å²) in [7, 11) is -2.25. The second kappa shape index (κ2) is 17.9. The summed E-state index contributed by atoms with van der Waals surface area (Å²) >= 11 is 0. The van der Waals surface area contributed by atoms with E-state index in [1.807, 2.05) is 0 Å². The highest BCUT2D eigenvalue weighted by atomic mass is 32.2. The third kappa shape index (κ3) is 11.3. The van der Waals surface area contributed by atoms with Crippen LogP contribution in [0.2, 0.25) is 0 Å². The lowest BCUT2D eigenvalue weighted by Gasteiger charge is -2.25.